The molecule has 0 N–H and O–H groups in total. The quantitative estimate of drug-likeness (QED) is 0.302. The number of carbonyl (C=O) groups excluding carboxylic acids is 1. The first kappa shape index (κ1) is 20.0. The number of thioether (sulfide) groups is 1. The number of amides is 1. The summed E-state index contributed by atoms with van der Waals surface area (Å²) in [5.41, 5.74) is 1.82. The van der Waals surface area contributed by atoms with E-state index in [1.807, 2.05) is 66.7 Å². The van der Waals surface area contributed by atoms with Crippen molar-refractivity contribution in [3.63, 3.8) is 0 Å². The first-order valence-corrected chi connectivity index (χ1v) is 11.5. The molecule has 0 aliphatic heterocycles. The fraction of sp³-hybridized carbons (Fsp3) is 0.130. The van der Waals surface area contributed by atoms with Gasteiger partial charge in [-0.15, -0.1) is 11.8 Å². The number of hydrogen-bond acceptors (Lipinski definition) is 4. The topological polar surface area (TPSA) is 33.2 Å². The van der Waals surface area contributed by atoms with Gasteiger partial charge in [0.15, 0.2) is 5.13 Å². The number of aromatic nitrogens is 1. The average Bonchev–Trinajstić information content (AvgIpc) is 3.19. The lowest BCUT2D eigenvalue weighted by molar-refractivity contribution is -0.118. The van der Waals surface area contributed by atoms with Crippen LogP contribution in [0.25, 0.3) is 10.2 Å². The minimum Gasteiger partial charge on any atom is -0.284 e. The van der Waals surface area contributed by atoms with Gasteiger partial charge in [0.25, 0.3) is 0 Å². The van der Waals surface area contributed by atoms with Crippen LogP contribution in [0.4, 0.5) is 5.13 Å². The molecule has 0 saturated carbocycles. The van der Waals surface area contributed by atoms with E-state index in [4.69, 9.17) is 11.6 Å². The highest BCUT2D eigenvalue weighted by Gasteiger charge is 2.20. The van der Waals surface area contributed by atoms with Crippen LogP contribution in [0.1, 0.15) is 12.0 Å². The average molecular weight is 439 g/mol. The standard InChI is InChI=1S/C23H19ClN2OS2/c24-19-12-7-13-20-22(19)25-23(29-20)26(16-17-8-3-1-4-9-17)21(27)14-15-28-18-10-5-2-6-11-18/h1-13H,14-16H2. The lowest BCUT2D eigenvalue weighted by Crippen LogP contribution is -2.30. The smallest absolute Gasteiger partial charge is 0.229 e. The molecule has 0 bridgehead atoms. The molecule has 0 fully saturated rings. The zero-order valence-corrected chi connectivity index (χ0v) is 18.0. The number of anilines is 1. The van der Waals surface area contributed by atoms with Crippen LogP contribution in [-0.2, 0) is 11.3 Å². The molecule has 0 atom stereocenters. The van der Waals surface area contributed by atoms with E-state index in [0.29, 0.717) is 23.1 Å². The van der Waals surface area contributed by atoms with Crippen LogP contribution in [0, 0.1) is 0 Å². The maximum Gasteiger partial charge on any atom is 0.229 e. The number of halogens is 1. The van der Waals surface area contributed by atoms with E-state index in [1.165, 1.54) is 16.2 Å². The highest BCUT2D eigenvalue weighted by molar-refractivity contribution is 7.99. The molecule has 4 rings (SSSR count). The van der Waals surface area contributed by atoms with Gasteiger partial charge in [-0.3, -0.25) is 9.69 Å². The van der Waals surface area contributed by atoms with Crippen LogP contribution >= 0.6 is 34.7 Å². The minimum absolute atomic E-state index is 0.0625. The second-order valence-electron chi connectivity index (χ2n) is 6.46. The monoisotopic (exact) mass is 438 g/mol. The van der Waals surface area contributed by atoms with E-state index >= 15 is 0 Å². The predicted molar refractivity (Wildman–Crippen MR) is 124 cm³/mol. The van der Waals surface area contributed by atoms with Gasteiger partial charge in [-0.2, -0.15) is 0 Å². The predicted octanol–water partition coefficient (Wildman–Crippen LogP) is 6.67. The molecule has 0 aliphatic carbocycles. The normalized spacial score (nSPS) is 10.9. The van der Waals surface area contributed by atoms with Crippen molar-refractivity contribution in [3.8, 4) is 0 Å². The molecule has 1 amide bonds. The van der Waals surface area contributed by atoms with Gasteiger partial charge >= 0.3 is 0 Å². The van der Waals surface area contributed by atoms with Crippen LogP contribution in [0.2, 0.25) is 5.02 Å². The Balaban J connectivity index is 1.55. The van der Waals surface area contributed by atoms with Crippen molar-refractivity contribution < 1.29 is 4.79 Å². The number of nitrogens with zero attached hydrogens (tertiary/aromatic N) is 2. The van der Waals surface area contributed by atoms with E-state index in [2.05, 4.69) is 17.1 Å². The summed E-state index contributed by atoms with van der Waals surface area (Å²) in [4.78, 5) is 20.8. The van der Waals surface area contributed by atoms with Crippen molar-refractivity contribution in [1.29, 1.82) is 0 Å². The molecule has 4 aromatic rings. The third-order valence-corrected chi connectivity index (χ3v) is 6.76. The summed E-state index contributed by atoms with van der Waals surface area (Å²) in [6.45, 7) is 0.493. The van der Waals surface area contributed by atoms with Gasteiger partial charge in [-0.05, 0) is 29.8 Å². The SMILES string of the molecule is O=C(CCSc1ccccc1)N(Cc1ccccc1)c1nc2c(Cl)cccc2s1. The van der Waals surface area contributed by atoms with E-state index in [0.717, 1.165) is 21.5 Å². The van der Waals surface area contributed by atoms with E-state index in [-0.39, 0.29) is 5.91 Å². The lowest BCUT2D eigenvalue weighted by Gasteiger charge is -2.20. The van der Waals surface area contributed by atoms with Crippen molar-refractivity contribution in [2.45, 2.75) is 17.9 Å². The Labute approximate surface area is 183 Å². The molecular formula is C23H19ClN2OS2. The molecule has 6 heteroatoms. The highest BCUT2D eigenvalue weighted by Crippen LogP contribution is 2.34. The van der Waals surface area contributed by atoms with Crippen molar-refractivity contribution >= 4 is 56.0 Å². The summed E-state index contributed by atoms with van der Waals surface area (Å²) < 4.78 is 0.983. The first-order valence-electron chi connectivity index (χ1n) is 9.28. The Morgan fingerprint density at radius 2 is 1.69 bits per heavy atom. The van der Waals surface area contributed by atoms with Crippen LogP contribution in [0.5, 0.6) is 0 Å². The number of para-hydroxylation sites is 1. The Bertz CT molecular complexity index is 1100. The van der Waals surface area contributed by atoms with Crippen LogP contribution in [-0.4, -0.2) is 16.6 Å². The summed E-state index contributed by atoms with van der Waals surface area (Å²) in [7, 11) is 0. The van der Waals surface area contributed by atoms with E-state index in [9.17, 15) is 4.79 Å². The number of hydrogen-bond donors (Lipinski definition) is 0. The lowest BCUT2D eigenvalue weighted by atomic mass is 10.2. The molecule has 29 heavy (non-hydrogen) atoms. The molecular weight excluding hydrogens is 420 g/mol. The maximum absolute atomic E-state index is 13.1. The van der Waals surface area contributed by atoms with Crippen molar-refractivity contribution in [2.75, 3.05) is 10.7 Å². The van der Waals surface area contributed by atoms with Gasteiger partial charge in [-0.1, -0.05) is 77.5 Å². The molecule has 0 aliphatic rings. The second-order valence-corrected chi connectivity index (χ2v) is 9.04. The number of benzene rings is 3. The Kier molecular flexibility index (Phi) is 6.49. The molecule has 0 spiro atoms. The zero-order valence-electron chi connectivity index (χ0n) is 15.6. The van der Waals surface area contributed by atoms with Gasteiger partial charge in [0, 0.05) is 17.1 Å². The van der Waals surface area contributed by atoms with E-state index < -0.39 is 0 Å². The van der Waals surface area contributed by atoms with Crippen molar-refractivity contribution in [1.82, 2.24) is 4.98 Å². The Hall–Kier alpha value is -2.34. The molecule has 3 nitrogen and oxygen atoms in total. The fourth-order valence-corrected chi connectivity index (χ4v) is 5.10. The first-order chi connectivity index (χ1) is 14.2. The van der Waals surface area contributed by atoms with Crippen molar-refractivity contribution in [3.05, 3.63) is 89.4 Å². The van der Waals surface area contributed by atoms with E-state index in [1.54, 1.807) is 16.7 Å². The number of rotatable bonds is 7. The largest absolute Gasteiger partial charge is 0.284 e. The van der Waals surface area contributed by atoms with Gasteiger partial charge in [0.2, 0.25) is 5.91 Å². The summed E-state index contributed by atoms with van der Waals surface area (Å²) in [5.74, 6) is 0.784. The summed E-state index contributed by atoms with van der Waals surface area (Å²) in [5, 5.41) is 1.29. The van der Waals surface area contributed by atoms with Gasteiger partial charge < -0.3 is 0 Å². The Morgan fingerprint density at radius 1 is 0.966 bits per heavy atom. The van der Waals surface area contributed by atoms with Crippen LogP contribution < -0.4 is 4.90 Å². The number of thiazole rings is 1. The minimum atomic E-state index is 0.0625. The van der Waals surface area contributed by atoms with Gasteiger partial charge in [-0.25, -0.2) is 4.98 Å². The third kappa shape index (κ3) is 4.99. The van der Waals surface area contributed by atoms with Gasteiger partial charge in [0.1, 0.15) is 5.52 Å². The van der Waals surface area contributed by atoms with Crippen LogP contribution in [0.3, 0.4) is 0 Å². The summed E-state index contributed by atoms with van der Waals surface area (Å²) in [6, 6.07) is 25.9. The van der Waals surface area contributed by atoms with Crippen LogP contribution in [0.15, 0.2) is 83.8 Å². The third-order valence-electron chi connectivity index (χ3n) is 4.40. The molecule has 0 radical (unpaired) electrons. The Morgan fingerprint density at radius 3 is 2.41 bits per heavy atom. The fourth-order valence-electron chi connectivity index (χ4n) is 2.96. The molecule has 1 aromatic heterocycles. The molecule has 3 aromatic carbocycles. The molecule has 1 heterocycles. The highest BCUT2D eigenvalue weighted by atomic mass is 35.5. The number of carbonyl (C=O) groups is 1. The van der Waals surface area contributed by atoms with Crippen molar-refractivity contribution in [2.24, 2.45) is 0 Å². The summed E-state index contributed by atoms with van der Waals surface area (Å²) >= 11 is 9.49. The molecule has 146 valence electrons. The second kappa shape index (κ2) is 9.44. The van der Waals surface area contributed by atoms with Gasteiger partial charge in [0.05, 0.1) is 16.3 Å². The molecule has 0 saturated heterocycles. The molecule has 0 unspecified atom stereocenters. The zero-order chi connectivity index (χ0) is 20.1. The maximum atomic E-state index is 13.1. The number of fused-ring (bicyclic) bond motifs is 1. The summed E-state index contributed by atoms with van der Waals surface area (Å²) in [6.07, 6.45) is 0.441.